The van der Waals surface area contributed by atoms with Gasteiger partial charge in [0, 0.05) is 13.6 Å². The first kappa shape index (κ1) is 20.7. The van der Waals surface area contributed by atoms with Crippen molar-refractivity contribution < 1.29 is 12.8 Å². The normalized spacial score (nSPS) is 13.1. The van der Waals surface area contributed by atoms with Gasteiger partial charge in [0.15, 0.2) is 5.96 Å². The van der Waals surface area contributed by atoms with Crippen molar-refractivity contribution >= 4 is 21.7 Å². The molecule has 0 heterocycles. The highest BCUT2D eigenvalue weighted by Gasteiger charge is 2.11. The van der Waals surface area contributed by atoms with Gasteiger partial charge in [-0.3, -0.25) is 9.71 Å². The van der Waals surface area contributed by atoms with Gasteiger partial charge >= 0.3 is 0 Å². The van der Waals surface area contributed by atoms with Gasteiger partial charge in [0.05, 0.1) is 18.0 Å². The van der Waals surface area contributed by atoms with Crippen LogP contribution in [0.2, 0.25) is 0 Å². The number of nitrogens with one attached hydrogen (secondary N) is 3. The van der Waals surface area contributed by atoms with Gasteiger partial charge in [0.1, 0.15) is 5.82 Å². The summed E-state index contributed by atoms with van der Waals surface area (Å²) in [5.74, 6) is 0.280. The Bertz CT molecular complexity index is 929. The first-order chi connectivity index (χ1) is 12.7. The monoisotopic (exact) mass is 392 g/mol. The molecule has 0 aromatic heterocycles. The highest BCUT2D eigenvalue weighted by atomic mass is 32.2. The van der Waals surface area contributed by atoms with Gasteiger partial charge in [-0.25, -0.2) is 12.8 Å². The zero-order chi connectivity index (χ0) is 20.0. The standard InChI is InChI=1S/C19H25FN4O2S/c1-13-9-10-15(11-17(13)20)14(2)23-19(21-3)22-12-16-7-5-6-8-18(16)24-27(4,25)26/h5-11,14,24H,12H2,1-4H3,(H2,21,22,23). The number of guanidine groups is 1. The molecule has 1 unspecified atom stereocenters. The number of anilines is 1. The van der Waals surface area contributed by atoms with Crippen LogP contribution in [0.5, 0.6) is 0 Å². The number of aliphatic imine (C=N–C) groups is 1. The summed E-state index contributed by atoms with van der Waals surface area (Å²) in [5, 5.41) is 6.35. The minimum Gasteiger partial charge on any atom is -0.352 e. The van der Waals surface area contributed by atoms with E-state index < -0.39 is 10.0 Å². The zero-order valence-corrected chi connectivity index (χ0v) is 16.7. The van der Waals surface area contributed by atoms with Crippen LogP contribution in [0.3, 0.4) is 0 Å². The average Bonchev–Trinajstić information content (AvgIpc) is 2.60. The Balaban J connectivity index is 2.05. The van der Waals surface area contributed by atoms with Crippen LogP contribution >= 0.6 is 0 Å². The van der Waals surface area contributed by atoms with Crippen molar-refractivity contribution in [2.45, 2.75) is 26.4 Å². The van der Waals surface area contributed by atoms with E-state index in [4.69, 9.17) is 0 Å². The SMILES string of the molecule is CN=C(NCc1ccccc1NS(C)(=O)=O)NC(C)c1ccc(C)c(F)c1. The molecule has 0 radical (unpaired) electrons. The van der Waals surface area contributed by atoms with E-state index in [1.165, 1.54) is 6.07 Å². The first-order valence-corrected chi connectivity index (χ1v) is 10.4. The fourth-order valence-electron chi connectivity index (χ4n) is 2.51. The van der Waals surface area contributed by atoms with E-state index in [9.17, 15) is 12.8 Å². The quantitative estimate of drug-likeness (QED) is 0.521. The molecular weight excluding hydrogens is 367 g/mol. The topological polar surface area (TPSA) is 82.6 Å². The summed E-state index contributed by atoms with van der Waals surface area (Å²) in [5.41, 5.74) is 2.69. The molecule has 27 heavy (non-hydrogen) atoms. The van der Waals surface area contributed by atoms with Crippen molar-refractivity contribution in [1.29, 1.82) is 0 Å². The summed E-state index contributed by atoms with van der Waals surface area (Å²) in [4.78, 5) is 4.17. The van der Waals surface area contributed by atoms with Crippen LogP contribution < -0.4 is 15.4 Å². The minimum absolute atomic E-state index is 0.157. The third-order valence-electron chi connectivity index (χ3n) is 4.03. The number of hydrogen-bond acceptors (Lipinski definition) is 3. The Labute approximate surface area is 160 Å². The predicted octanol–water partition coefficient (Wildman–Crippen LogP) is 2.93. The molecule has 0 aliphatic heterocycles. The van der Waals surface area contributed by atoms with Crippen LogP contribution in [-0.4, -0.2) is 27.7 Å². The van der Waals surface area contributed by atoms with Gasteiger partial charge in [0.25, 0.3) is 0 Å². The lowest BCUT2D eigenvalue weighted by atomic mass is 10.1. The highest BCUT2D eigenvalue weighted by Crippen LogP contribution is 2.17. The molecule has 2 aromatic carbocycles. The van der Waals surface area contributed by atoms with Crippen molar-refractivity contribution in [3.05, 3.63) is 65.0 Å². The second kappa shape index (κ2) is 8.85. The maximum Gasteiger partial charge on any atom is 0.229 e. The molecule has 0 aliphatic carbocycles. The first-order valence-electron chi connectivity index (χ1n) is 8.48. The summed E-state index contributed by atoms with van der Waals surface area (Å²) in [6, 6.07) is 12.1. The van der Waals surface area contributed by atoms with Crippen LogP contribution in [0.25, 0.3) is 0 Å². The number of nitrogens with zero attached hydrogens (tertiary/aromatic N) is 1. The molecule has 2 rings (SSSR count). The summed E-state index contributed by atoms with van der Waals surface area (Å²) in [6.07, 6.45) is 1.11. The number of aryl methyl sites for hydroxylation is 1. The maximum absolute atomic E-state index is 13.8. The van der Waals surface area contributed by atoms with Crippen LogP contribution in [0, 0.1) is 12.7 Å². The molecule has 146 valence electrons. The molecule has 2 aromatic rings. The summed E-state index contributed by atoms with van der Waals surface area (Å²) in [7, 11) is -1.73. The fraction of sp³-hybridized carbons (Fsp3) is 0.316. The Morgan fingerprint density at radius 3 is 2.56 bits per heavy atom. The molecule has 0 saturated carbocycles. The van der Waals surface area contributed by atoms with E-state index in [1.54, 1.807) is 32.2 Å². The van der Waals surface area contributed by atoms with Crippen molar-refractivity contribution in [2.75, 3.05) is 18.0 Å². The Morgan fingerprint density at radius 1 is 1.22 bits per heavy atom. The Hall–Kier alpha value is -2.61. The molecule has 0 saturated heterocycles. The van der Waals surface area contributed by atoms with E-state index in [0.717, 1.165) is 17.4 Å². The fourth-order valence-corrected chi connectivity index (χ4v) is 3.11. The number of rotatable bonds is 6. The molecule has 1 atom stereocenters. The third kappa shape index (κ3) is 6.25. The average molecular weight is 393 g/mol. The largest absolute Gasteiger partial charge is 0.352 e. The minimum atomic E-state index is -3.37. The number of halogens is 1. The van der Waals surface area contributed by atoms with Crippen LogP contribution in [0.1, 0.15) is 29.7 Å². The van der Waals surface area contributed by atoms with Gasteiger partial charge in [-0.05, 0) is 42.7 Å². The van der Waals surface area contributed by atoms with Crippen molar-refractivity contribution in [1.82, 2.24) is 10.6 Å². The zero-order valence-electron chi connectivity index (χ0n) is 15.9. The summed E-state index contributed by atoms with van der Waals surface area (Å²) in [6.45, 7) is 4.00. The van der Waals surface area contributed by atoms with E-state index in [0.29, 0.717) is 23.8 Å². The number of para-hydroxylation sites is 1. The van der Waals surface area contributed by atoms with Crippen LogP contribution in [0.15, 0.2) is 47.5 Å². The summed E-state index contributed by atoms with van der Waals surface area (Å²) >= 11 is 0. The highest BCUT2D eigenvalue weighted by molar-refractivity contribution is 7.92. The van der Waals surface area contributed by atoms with Gasteiger partial charge in [-0.1, -0.05) is 30.3 Å². The summed E-state index contributed by atoms with van der Waals surface area (Å²) < 4.78 is 39.3. The number of sulfonamides is 1. The van der Waals surface area contributed by atoms with Gasteiger partial charge < -0.3 is 10.6 Å². The molecule has 6 nitrogen and oxygen atoms in total. The molecule has 8 heteroatoms. The third-order valence-corrected chi connectivity index (χ3v) is 4.62. The Kier molecular flexibility index (Phi) is 6.79. The molecular formula is C19H25FN4O2S. The molecule has 0 aliphatic rings. The van der Waals surface area contributed by atoms with Gasteiger partial charge in [0.2, 0.25) is 10.0 Å². The lowest BCUT2D eigenvalue weighted by Gasteiger charge is -2.19. The second-order valence-electron chi connectivity index (χ2n) is 6.33. The molecule has 3 N–H and O–H groups in total. The predicted molar refractivity (Wildman–Crippen MR) is 108 cm³/mol. The van der Waals surface area contributed by atoms with Crippen molar-refractivity contribution in [3.8, 4) is 0 Å². The molecule has 0 amide bonds. The number of benzene rings is 2. The molecule has 0 fully saturated rings. The molecule has 0 bridgehead atoms. The smallest absolute Gasteiger partial charge is 0.229 e. The van der Waals surface area contributed by atoms with Crippen molar-refractivity contribution in [2.24, 2.45) is 4.99 Å². The number of hydrogen-bond donors (Lipinski definition) is 3. The van der Waals surface area contributed by atoms with E-state index in [1.807, 2.05) is 25.1 Å². The maximum atomic E-state index is 13.8. The van der Waals surface area contributed by atoms with E-state index >= 15 is 0 Å². The van der Waals surface area contributed by atoms with Gasteiger partial charge in [-0.2, -0.15) is 0 Å². The van der Waals surface area contributed by atoms with Crippen molar-refractivity contribution in [3.63, 3.8) is 0 Å². The van der Waals surface area contributed by atoms with Crippen LogP contribution in [-0.2, 0) is 16.6 Å². The lowest BCUT2D eigenvalue weighted by Crippen LogP contribution is -2.38. The lowest BCUT2D eigenvalue weighted by molar-refractivity contribution is 0.606. The van der Waals surface area contributed by atoms with Gasteiger partial charge in [-0.15, -0.1) is 0 Å². The van der Waals surface area contributed by atoms with E-state index in [2.05, 4.69) is 20.3 Å². The second-order valence-corrected chi connectivity index (χ2v) is 8.08. The van der Waals surface area contributed by atoms with E-state index in [-0.39, 0.29) is 11.9 Å². The Morgan fingerprint density at radius 2 is 1.93 bits per heavy atom. The molecule has 0 spiro atoms. The van der Waals surface area contributed by atoms with Crippen LogP contribution in [0.4, 0.5) is 10.1 Å².